The summed E-state index contributed by atoms with van der Waals surface area (Å²) >= 11 is 0. The Morgan fingerprint density at radius 3 is 2.50 bits per heavy atom. The fraction of sp³-hybridized carbons (Fsp3) is 0.222. The summed E-state index contributed by atoms with van der Waals surface area (Å²) in [5, 5.41) is 8.50. The number of hydrogen-bond donors (Lipinski definition) is 0. The lowest BCUT2D eigenvalue weighted by Gasteiger charge is -2.12. The van der Waals surface area contributed by atoms with Gasteiger partial charge >= 0.3 is 6.18 Å². The highest BCUT2D eigenvalue weighted by Gasteiger charge is 2.31. The van der Waals surface area contributed by atoms with Crippen LogP contribution in [0.3, 0.4) is 0 Å². The molecule has 0 unspecified atom stereocenters. The Balaban J connectivity index is 1.96. The van der Waals surface area contributed by atoms with Crippen molar-refractivity contribution in [1.82, 2.24) is 23.7 Å². The van der Waals surface area contributed by atoms with Gasteiger partial charge in [0.15, 0.2) is 5.82 Å². The number of aryl methyl sites for hydroxylation is 1. The number of benzene rings is 1. The molecule has 0 saturated carbocycles. The smallest absolute Gasteiger partial charge is 0.307 e. The highest BCUT2D eigenvalue weighted by atomic mass is 19.4. The summed E-state index contributed by atoms with van der Waals surface area (Å²) in [4.78, 5) is 24.7. The molecule has 10 heteroatoms. The van der Waals surface area contributed by atoms with Gasteiger partial charge < -0.3 is 4.57 Å². The molecular formula is C18H14F3N5O2. The van der Waals surface area contributed by atoms with Gasteiger partial charge in [0.2, 0.25) is 5.78 Å². The summed E-state index contributed by atoms with van der Waals surface area (Å²) in [6, 6.07) is 8.42. The SMILES string of the molecule is CCn1c(=O)c2ccccc2n2c(Cn3cc(C(F)(F)F)ccc3=O)nnc12. The highest BCUT2D eigenvalue weighted by Crippen LogP contribution is 2.28. The van der Waals surface area contributed by atoms with Crippen LogP contribution in [0.15, 0.2) is 52.2 Å². The summed E-state index contributed by atoms with van der Waals surface area (Å²) in [6.07, 6.45) is -3.82. The lowest BCUT2D eigenvalue weighted by atomic mass is 10.2. The first-order chi connectivity index (χ1) is 13.3. The first-order valence-corrected chi connectivity index (χ1v) is 8.44. The summed E-state index contributed by atoms with van der Waals surface area (Å²) in [5.41, 5.74) is -1.25. The molecular weight excluding hydrogens is 375 g/mol. The van der Waals surface area contributed by atoms with E-state index in [1.165, 1.54) is 4.57 Å². The molecule has 0 aliphatic rings. The van der Waals surface area contributed by atoms with Crippen molar-refractivity contribution in [2.75, 3.05) is 0 Å². The lowest BCUT2D eigenvalue weighted by molar-refractivity contribution is -0.138. The van der Waals surface area contributed by atoms with Crippen molar-refractivity contribution in [2.24, 2.45) is 0 Å². The maximum Gasteiger partial charge on any atom is 0.417 e. The summed E-state index contributed by atoms with van der Waals surface area (Å²) in [6.45, 7) is 1.90. The standard InChI is InChI=1S/C18H14F3N5O2/c1-2-25-16(28)12-5-3-4-6-13(12)26-14(22-23-17(25)26)10-24-9-11(18(19,20)21)7-8-15(24)27/h3-9H,2,10H2,1H3. The second-order valence-electron chi connectivity index (χ2n) is 6.20. The van der Waals surface area contributed by atoms with Gasteiger partial charge in [-0.15, -0.1) is 10.2 Å². The zero-order chi connectivity index (χ0) is 20.1. The van der Waals surface area contributed by atoms with Crippen LogP contribution in [0.1, 0.15) is 18.3 Å². The molecule has 28 heavy (non-hydrogen) atoms. The van der Waals surface area contributed by atoms with E-state index >= 15 is 0 Å². The van der Waals surface area contributed by atoms with Crippen molar-refractivity contribution >= 4 is 16.7 Å². The highest BCUT2D eigenvalue weighted by molar-refractivity contribution is 5.80. The minimum atomic E-state index is -4.57. The van der Waals surface area contributed by atoms with Crippen molar-refractivity contribution in [3.63, 3.8) is 0 Å². The number of halogens is 3. The van der Waals surface area contributed by atoms with Gasteiger partial charge in [-0.05, 0) is 25.1 Å². The van der Waals surface area contributed by atoms with Crippen molar-refractivity contribution in [2.45, 2.75) is 26.2 Å². The average molecular weight is 389 g/mol. The zero-order valence-corrected chi connectivity index (χ0v) is 14.6. The molecule has 0 aliphatic heterocycles. The van der Waals surface area contributed by atoms with E-state index in [9.17, 15) is 22.8 Å². The number of aromatic nitrogens is 5. The number of rotatable bonds is 3. The summed E-state index contributed by atoms with van der Waals surface area (Å²) < 4.78 is 42.9. The van der Waals surface area contributed by atoms with Crippen molar-refractivity contribution in [3.05, 3.63) is 74.7 Å². The Bertz CT molecular complexity index is 1320. The minimum Gasteiger partial charge on any atom is -0.307 e. The first kappa shape index (κ1) is 18.0. The van der Waals surface area contributed by atoms with Crippen LogP contribution in [-0.4, -0.2) is 23.7 Å². The molecule has 0 fully saturated rings. The van der Waals surface area contributed by atoms with Crippen molar-refractivity contribution in [1.29, 1.82) is 0 Å². The molecule has 4 aromatic rings. The number of hydrogen-bond acceptors (Lipinski definition) is 4. The van der Waals surface area contributed by atoms with Crippen LogP contribution < -0.4 is 11.1 Å². The second-order valence-corrected chi connectivity index (χ2v) is 6.20. The largest absolute Gasteiger partial charge is 0.417 e. The third kappa shape index (κ3) is 2.77. The van der Waals surface area contributed by atoms with Gasteiger partial charge in [0.1, 0.15) is 0 Å². The Labute approximate surface area is 155 Å². The predicted molar refractivity (Wildman–Crippen MR) is 95.2 cm³/mol. The molecule has 0 atom stereocenters. The van der Waals surface area contributed by atoms with Crippen LogP contribution >= 0.6 is 0 Å². The van der Waals surface area contributed by atoms with Gasteiger partial charge in [0.05, 0.1) is 23.0 Å². The van der Waals surface area contributed by atoms with Crippen LogP contribution in [0.25, 0.3) is 16.7 Å². The monoisotopic (exact) mass is 389 g/mol. The van der Waals surface area contributed by atoms with Crippen LogP contribution in [0.2, 0.25) is 0 Å². The van der Waals surface area contributed by atoms with Crippen LogP contribution in [-0.2, 0) is 19.3 Å². The minimum absolute atomic E-state index is 0.226. The van der Waals surface area contributed by atoms with Gasteiger partial charge in [0, 0.05) is 18.8 Å². The number of para-hydroxylation sites is 1. The van der Waals surface area contributed by atoms with Crippen LogP contribution in [0.4, 0.5) is 13.2 Å². The lowest BCUT2D eigenvalue weighted by Crippen LogP contribution is -2.24. The molecule has 0 amide bonds. The van der Waals surface area contributed by atoms with Crippen LogP contribution in [0.5, 0.6) is 0 Å². The maximum atomic E-state index is 13.0. The second kappa shape index (κ2) is 6.32. The molecule has 1 aromatic carbocycles. The first-order valence-electron chi connectivity index (χ1n) is 8.44. The van der Waals surface area contributed by atoms with E-state index < -0.39 is 17.3 Å². The molecule has 4 rings (SSSR count). The van der Waals surface area contributed by atoms with Gasteiger partial charge in [-0.3, -0.25) is 18.6 Å². The van der Waals surface area contributed by atoms with E-state index in [0.29, 0.717) is 17.4 Å². The Kier molecular flexibility index (Phi) is 4.06. The van der Waals surface area contributed by atoms with Gasteiger partial charge in [-0.1, -0.05) is 12.1 Å². The fourth-order valence-corrected chi connectivity index (χ4v) is 3.18. The average Bonchev–Trinajstić information content (AvgIpc) is 3.07. The van der Waals surface area contributed by atoms with E-state index in [0.717, 1.165) is 22.9 Å². The zero-order valence-electron chi connectivity index (χ0n) is 14.6. The molecule has 3 aromatic heterocycles. The predicted octanol–water partition coefficient (Wildman–Crippen LogP) is 2.29. The van der Waals surface area contributed by atoms with E-state index in [-0.39, 0.29) is 23.7 Å². The van der Waals surface area contributed by atoms with Crippen LogP contribution in [0, 0.1) is 0 Å². The molecule has 144 valence electrons. The maximum absolute atomic E-state index is 13.0. The molecule has 0 saturated heterocycles. The van der Waals surface area contributed by atoms with E-state index in [1.807, 2.05) is 0 Å². The molecule has 7 nitrogen and oxygen atoms in total. The molecule has 0 bridgehead atoms. The molecule has 0 radical (unpaired) electrons. The van der Waals surface area contributed by atoms with E-state index in [2.05, 4.69) is 10.2 Å². The van der Waals surface area contributed by atoms with Gasteiger partial charge in [0.25, 0.3) is 11.1 Å². The van der Waals surface area contributed by atoms with E-state index in [1.54, 1.807) is 35.6 Å². The van der Waals surface area contributed by atoms with Gasteiger partial charge in [-0.25, -0.2) is 0 Å². The Morgan fingerprint density at radius 1 is 1.04 bits per heavy atom. The Morgan fingerprint density at radius 2 is 1.79 bits per heavy atom. The number of nitrogens with zero attached hydrogens (tertiary/aromatic N) is 5. The number of fused-ring (bicyclic) bond motifs is 3. The number of alkyl halides is 3. The van der Waals surface area contributed by atoms with Gasteiger partial charge in [-0.2, -0.15) is 13.2 Å². The molecule has 3 heterocycles. The third-order valence-corrected chi connectivity index (χ3v) is 4.51. The van der Waals surface area contributed by atoms with E-state index in [4.69, 9.17) is 0 Å². The number of pyridine rings is 1. The molecule has 0 N–H and O–H groups in total. The normalized spacial score (nSPS) is 12.1. The fourth-order valence-electron chi connectivity index (χ4n) is 3.18. The molecule has 0 spiro atoms. The third-order valence-electron chi connectivity index (χ3n) is 4.51. The van der Waals surface area contributed by atoms with Crippen molar-refractivity contribution < 1.29 is 13.2 Å². The summed E-state index contributed by atoms with van der Waals surface area (Å²) in [5.74, 6) is 0.510. The quantitative estimate of drug-likeness (QED) is 0.539. The van der Waals surface area contributed by atoms with Crippen molar-refractivity contribution in [3.8, 4) is 0 Å². The Hall–Kier alpha value is -3.43. The molecule has 0 aliphatic carbocycles. The topological polar surface area (TPSA) is 74.2 Å². The summed E-state index contributed by atoms with van der Waals surface area (Å²) in [7, 11) is 0.